The van der Waals surface area contributed by atoms with Gasteiger partial charge in [-0.25, -0.2) is 4.99 Å². The van der Waals surface area contributed by atoms with Gasteiger partial charge in [-0.3, -0.25) is 4.79 Å². The van der Waals surface area contributed by atoms with Crippen molar-refractivity contribution >= 4 is 46.2 Å². The van der Waals surface area contributed by atoms with Crippen LogP contribution in [-0.4, -0.2) is 15.6 Å². The first kappa shape index (κ1) is 18.6. The predicted octanol–water partition coefficient (Wildman–Crippen LogP) is 5.64. The first-order valence-electron chi connectivity index (χ1n) is 8.80. The quantitative estimate of drug-likeness (QED) is 0.571. The Bertz CT molecular complexity index is 1110. The monoisotopic (exact) mass is 407 g/mol. The number of amidine groups is 1. The van der Waals surface area contributed by atoms with E-state index in [1.54, 1.807) is 0 Å². The minimum atomic E-state index is -0.148. The number of aryl methyl sites for hydroxylation is 2. The van der Waals surface area contributed by atoms with Crippen molar-refractivity contribution in [1.29, 1.82) is 0 Å². The Morgan fingerprint density at radius 1 is 1.11 bits per heavy atom. The third-order valence-corrected chi connectivity index (χ3v) is 5.73. The molecule has 0 unspecified atom stereocenters. The minimum Gasteiger partial charge on any atom is -0.317 e. The Balaban J connectivity index is 1.62. The molecule has 1 saturated heterocycles. The van der Waals surface area contributed by atoms with Crippen molar-refractivity contribution in [3.8, 4) is 5.69 Å². The number of rotatable bonds is 3. The lowest BCUT2D eigenvalue weighted by molar-refractivity contribution is -0.115. The van der Waals surface area contributed by atoms with E-state index in [2.05, 4.69) is 10.3 Å². The molecule has 2 heterocycles. The first-order chi connectivity index (χ1) is 13.5. The van der Waals surface area contributed by atoms with Crippen LogP contribution in [0.3, 0.4) is 0 Å². The number of thioether (sulfide) groups is 1. The molecule has 0 bridgehead atoms. The van der Waals surface area contributed by atoms with Crippen LogP contribution in [0.5, 0.6) is 0 Å². The highest BCUT2D eigenvalue weighted by Crippen LogP contribution is 2.29. The number of hydrogen-bond acceptors (Lipinski definition) is 3. The molecule has 0 saturated carbocycles. The van der Waals surface area contributed by atoms with Crippen molar-refractivity contribution in [3.63, 3.8) is 0 Å². The topological polar surface area (TPSA) is 46.4 Å². The molecule has 0 spiro atoms. The average Bonchev–Trinajstić information content (AvgIpc) is 3.26. The Hall–Kier alpha value is -2.76. The van der Waals surface area contributed by atoms with Gasteiger partial charge in [0.15, 0.2) is 5.17 Å². The highest BCUT2D eigenvalue weighted by molar-refractivity contribution is 8.18. The third kappa shape index (κ3) is 3.91. The maximum Gasteiger partial charge on any atom is 0.264 e. The van der Waals surface area contributed by atoms with Crippen LogP contribution >= 0.6 is 23.4 Å². The molecule has 4 rings (SSSR count). The second-order valence-electron chi connectivity index (χ2n) is 6.55. The summed E-state index contributed by atoms with van der Waals surface area (Å²) in [4.78, 5) is 17.5. The largest absolute Gasteiger partial charge is 0.317 e. The number of carbonyl (C=O) groups is 1. The molecule has 2 aromatic carbocycles. The predicted molar refractivity (Wildman–Crippen MR) is 118 cm³/mol. The van der Waals surface area contributed by atoms with Gasteiger partial charge in [0.05, 0.1) is 10.6 Å². The van der Waals surface area contributed by atoms with Gasteiger partial charge in [0.1, 0.15) is 0 Å². The third-order valence-electron chi connectivity index (χ3n) is 4.41. The summed E-state index contributed by atoms with van der Waals surface area (Å²) in [5.41, 5.74) is 4.86. The van der Waals surface area contributed by atoms with Gasteiger partial charge in [0.25, 0.3) is 5.91 Å². The summed E-state index contributed by atoms with van der Waals surface area (Å²) in [5, 5.41) is 4.12. The highest BCUT2D eigenvalue weighted by Gasteiger charge is 2.24. The minimum absolute atomic E-state index is 0.148. The van der Waals surface area contributed by atoms with Crippen LogP contribution < -0.4 is 5.32 Å². The van der Waals surface area contributed by atoms with Crippen LogP contribution in [0.4, 0.5) is 5.69 Å². The zero-order chi connectivity index (χ0) is 19.7. The van der Waals surface area contributed by atoms with Crippen LogP contribution in [0.15, 0.2) is 70.7 Å². The summed E-state index contributed by atoms with van der Waals surface area (Å²) in [6.07, 6.45) is 3.82. The van der Waals surface area contributed by atoms with E-state index >= 15 is 0 Å². The fourth-order valence-electron chi connectivity index (χ4n) is 2.83. The smallest absolute Gasteiger partial charge is 0.264 e. The zero-order valence-electron chi connectivity index (χ0n) is 15.4. The van der Waals surface area contributed by atoms with Crippen LogP contribution in [0, 0.1) is 13.8 Å². The van der Waals surface area contributed by atoms with Crippen LogP contribution in [0.1, 0.15) is 16.8 Å². The second-order valence-corrected chi connectivity index (χ2v) is 7.99. The number of amides is 1. The number of halogens is 1. The number of benzene rings is 2. The maximum absolute atomic E-state index is 12.4. The molecule has 0 radical (unpaired) electrons. The fraction of sp³-hybridized carbons (Fsp3) is 0.0909. The van der Waals surface area contributed by atoms with Crippen LogP contribution in [0.25, 0.3) is 11.8 Å². The number of nitrogens with one attached hydrogen (secondary N) is 1. The molecule has 1 aromatic heterocycles. The van der Waals surface area contributed by atoms with E-state index < -0.39 is 0 Å². The summed E-state index contributed by atoms with van der Waals surface area (Å²) < 4.78 is 2.00. The van der Waals surface area contributed by atoms with Gasteiger partial charge in [-0.1, -0.05) is 35.4 Å². The SMILES string of the molecule is Cc1ccc(N=C2NC(=O)/C(=C/c3cccn3-c3ccc(C)c(Cl)c3)S2)cc1. The van der Waals surface area contributed by atoms with E-state index in [0.29, 0.717) is 15.1 Å². The summed E-state index contributed by atoms with van der Waals surface area (Å²) in [6, 6.07) is 17.7. The lowest BCUT2D eigenvalue weighted by atomic mass is 10.2. The van der Waals surface area contributed by atoms with Crippen molar-refractivity contribution in [2.75, 3.05) is 0 Å². The maximum atomic E-state index is 12.4. The Morgan fingerprint density at radius 2 is 1.89 bits per heavy atom. The molecule has 1 fully saturated rings. The summed E-state index contributed by atoms with van der Waals surface area (Å²) in [7, 11) is 0. The molecule has 0 atom stereocenters. The summed E-state index contributed by atoms with van der Waals surface area (Å²) in [5.74, 6) is -0.148. The van der Waals surface area contributed by atoms with Crippen LogP contribution in [-0.2, 0) is 4.79 Å². The van der Waals surface area contributed by atoms with E-state index in [4.69, 9.17) is 11.6 Å². The van der Waals surface area contributed by atoms with Crippen molar-refractivity contribution in [2.24, 2.45) is 4.99 Å². The van der Waals surface area contributed by atoms with Gasteiger partial charge in [0.2, 0.25) is 0 Å². The number of nitrogens with zero attached hydrogens (tertiary/aromatic N) is 2. The van der Waals surface area contributed by atoms with Crippen LogP contribution in [0.2, 0.25) is 5.02 Å². The molecular weight excluding hydrogens is 390 g/mol. The second kappa shape index (κ2) is 7.70. The molecule has 1 aliphatic rings. The zero-order valence-corrected chi connectivity index (χ0v) is 17.0. The highest BCUT2D eigenvalue weighted by atomic mass is 35.5. The standard InChI is InChI=1S/C22H18ClN3OS/c1-14-5-8-16(9-6-14)24-22-25-21(27)20(28-22)13-17-4-3-11-26(17)18-10-7-15(2)19(23)12-18/h3-13H,1-2H3,(H,24,25,27)/b20-13-. The summed E-state index contributed by atoms with van der Waals surface area (Å²) in [6.45, 7) is 4.00. The lowest BCUT2D eigenvalue weighted by Crippen LogP contribution is -2.19. The van der Waals surface area contributed by atoms with Gasteiger partial charge in [-0.2, -0.15) is 0 Å². The molecule has 4 nitrogen and oxygen atoms in total. The summed E-state index contributed by atoms with van der Waals surface area (Å²) >= 11 is 7.61. The van der Waals surface area contributed by atoms with Gasteiger partial charge in [-0.05, 0) is 73.6 Å². The Morgan fingerprint density at radius 3 is 2.64 bits per heavy atom. The Kier molecular flexibility index (Phi) is 5.11. The average molecular weight is 408 g/mol. The van der Waals surface area contributed by atoms with Gasteiger partial charge < -0.3 is 9.88 Å². The molecule has 6 heteroatoms. The van der Waals surface area contributed by atoms with E-state index in [1.807, 2.05) is 85.3 Å². The van der Waals surface area contributed by atoms with Gasteiger partial charge >= 0.3 is 0 Å². The molecule has 28 heavy (non-hydrogen) atoms. The fourth-order valence-corrected chi connectivity index (χ4v) is 3.83. The number of carbonyl (C=O) groups excluding carboxylic acids is 1. The van der Waals surface area contributed by atoms with E-state index in [9.17, 15) is 4.79 Å². The van der Waals surface area contributed by atoms with Crippen molar-refractivity contribution < 1.29 is 4.79 Å². The van der Waals surface area contributed by atoms with E-state index in [0.717, 1.165) is 22.6 Å². The molecule has 3 aromatic rings. The Labute approximate surface area is 172 Å². The molecule has 0 aliphatic carbocycles. The number of aromatic nitrogens is 1. The molecule has 140 valence electrons. The molecule has 1 amide bonds. The number of hydrogen-bond donors (Lipinski definition) is 1. The first-order valence-corrected chi connectivity index (χ1v) is 9.99. The van der Waals surface area contributed by atoms with E-state index in [-0.39, 0.29) is 5.91 Å². The van der Waals surface area contributed by atoms with Gasteiger partial charge in [-0.15, -0.1) is 0 Å². The normalized spacial score (nSPS) is 16.8. The molecule has 1 N–H and O–H groups in total. The van der Waals surface area contributed by atoms with Crippen molar-refractivity contribution in [2.45, 2.75) is 13.8 Å². The molecule has 1 aliphatic heterocycles. The molecular formula is C22H18ClN3OS. The lowest BCUT2D eigenvalue weighted by Gasteiger charge is -2.08. The number of aliphatic imine (C=N–C) groups is 1. The van der Waals surface area contributed by atoms with E-state index in [1.165, 1.54) is 17.3 Å². The van der Waals surface area contributed by atoms with Gasteiger partial charge in [0, 0.05) is 22.6 Å². The van der Waals surface area contributed by atoms with Crippen molar-refractivity contribution in [1.82, 2.24) is 9.88 Å². The van der Waals surface area contributed by atoms with Crippen molar-refractivity contribution in [3.05, 3.63) is 87.5 Å².